The number of halogens is 1. The highest BCUT2D eigenvalue weighted by molar-refractivity contribution is 9.10. The van der Waals surface area contributed by atoms with E-state index in [-0.39, 0.29) is 5.91 Å². The Balaban J connectivity index is 2.10. The molecule has 0 spiro atoms. The Kier molecular flexibility index (Phi) is 2.82. The molecule has 1 aliphatic rings. The molecule has 74 valence electrons. The van der Waals surface area contributed by atoms with Crippen molar-refractivity contribution in [3.8, 4) is 0 Å². The van der Waals surface area contributed by atoms with Gasteiger partial charge in [0.25, 0.3) is 0 Å². The van der Waals surface area contributed by atoms with Crippen molar-refractivity contribution in [3.63, 3.8) is 0 Å². The number of hydrogen-bond acceptors (Lipinski definition) is 2. The Bertz CT molecular complexity index is 354. The highest BCUT2D eigenvalue weighted by Crippen LogP contribution is 2.18. The summed E-state index contributed by atoms with van der Waals surface area (Å²) < 4.78 is 0.972. The first kappa shape index (κ1) is 9.65. The summed E-state index contributed by atoms with van der Waals surface area (Å²) in [7, 11) is 0. The van der Waals surface area contributed by atoms with Crippen LogP contribution in [0, 0.1) is 0 Å². The molecule has 0 bridgehead atoms. The maximum absolute atomic E-state index is 11.4. The number of carbonyl (C=O) groups excluding carboxylic acids is 1. The van der Waals surface area contributed by atoms with Crippen LogP contribution in [-0.2, 0) is 11.3 Å². The molecule has 1 aromatic heterocycles. The van der Waals surface area contributed by atoms with E-state index in [2.05, 4.69) is 20.9 Å². The fraction of sp³-hybridized carbons (Fsp3) is 0.400. The molecule has 14 heavy (non-hydrogen) atoms. The molecular formula is C10H11BrN2O. The Labute approximate surface area is 91.3 Å². The fourth-order valence-electron chi connectivity index (χ4n) is 1.59. The van der Waals surface area contributed by atoms with Gasteiger partial charge in [-0.25, -0.2) is 0 Å². The summed E-state index contributed by atoms with van der Waals surface area (Å²) in [5.41, 5.74) is 0.933. The summed E-state index contributed by atoms with van der Waals surface area (Å²) in [5.74, 6) is 0.238. The van der Waals surface area contributed by atoms with Gasteiger partial charge in [-0.1, -0.05) is 0 Å². The Morgan fingerprint density at radius 2 is 2.43 bits per heavy atom. The van der Waals surface area contributed by atoms with Gasteiger partial charge in [0.2, 0.25) is 5.91 Å². The highest BCUT2D eigenvalue weighted by atomic mass is 79.9. The van der Waals surface area contributed by atoms with Crippen LogP contribution in [0.5, 0.6) is 0 Å². The number of pyridine rings is 1. The van der Waals surface area contributed by atoms with Gasteiger partial charge in [-0.2, -0.15) is 0 Å². The molecule has 0 atom stereocenters. The molecule has 0 radical (unpaired) electrons. The summed E-state index contributed by atoms with van der Waals surface area (Å²) in [5, 5.41) is 0. The summed E-state index contributed by atoms with van der Waals surface area (Å²) in [6.45, 7) is 1.49. The molecule has 1 fully saturated rings. The van der Waals surface area contributed by atoms with E-state index in [4.69, 9.17) is 0 Å². The minimum absolute atomic E-state index is 0.238. The Hall–Kier alpha value is -0.900. The van der Waals surface area contributed by atoms with Crippen LogP contribution in [0.3, 0.4) is 0 Å². The molecule has 0 saturated carbocycles. The third-order valence-corrected chi connectivity index (χ3v) is 3.07. The lowest BCUT2D eigenvalue weighted by Gasteiger charge is -2.15. The van der Waals surface area contributed by atoms with Crippen LogP contribution in [0.25, 0.3) is 0 Å². The maximum atomic E-state index is 11.4. The van der Waals surface area contributed by atoms with Crippen molar-refractivity contribution in [3.05, 3.63) is 28.5 Å². The lowest BCUT2D eigenvalue weighted by Crippen LogP contribution is -2.24. The molecule has 1 amide bonds. The van der Waals surface area contributed by atoms with E-state index in [1.54, 1.807) is 6.20 Å². The number of amides is 1. The molecule has 0 aromatic carbocycles. The molecule has 3 nitrogen and oxygen atoms in total. The molecule has 2 heterocycles. The first-order valence-corrected chi connectivity index (χ1v) is 5.44. The van der Waals surface area contributed by atoms with E-state index in [1.165, 1.54) is 0 Å². The lowest BCUT2D eigenvalue weighted by molar-refractivity contribution is -0.128. The van der Waals surface area contributed by atoms with Crippen molar-refractivity contribution in [2.45, 2.75) is 19.4 Å². The van der Waals surface area contributed by atoms with Gasteiger partial charge in [0.1, 0.15) is 0 Å². The third-order valence-electron chi connectivity index (χ3n) is 2.35. The smallest absolute Gasteiger partial charge is 0.222 e. The zero-order valence-electron chi connectivity index (χ0n) is 7.74. The van der Waals surface area contributed by atoms with Crippen LogP contribution in [0.1, 0.15) is 18.5 Å². The number of likely N-dealkylation sites (tertiary alicyclic amines) is 1. The average molecular weight is 255 g/mol. The number of aromatic nitrogens is 1. The van der Waals surface area contributed by atoms with Crippen LogP contribution >= 0.6 is 15.9 Å². The summed E-state index contributed by atoms with van der Waals surface area (Å²) in [6, 6.07) is 3.82. The van der Waals surface area contributed by atoms with Crippen molar-refractivity contribution in [2.75, 3.05) is 6.54 Å². The first-order chi connectivity index (χ1) is 6.77. The quantitative estimate of drug-likeness (QED) is 0.809. The minimum atomic E-state index is 0.238. The van der Waals surface area contributed by atoms with E-state index >= 15 is 0 Å². The van der Waals surface area contributed by atoms with Crippen LogP contribution in [0.4, 0.5) is 0 Å². The van der Waals surface area contributed by atoms with Crippen LogP contribution in [0.2, 0.25) is 0 Å². The molecule has 0 N–H and O–H groups in total. The molecular weight excluding hydrogens is 244 g/mol. The molecule has 4 heteroatoms. The lowest BCUT2D eigenvalue weighted by atomic mass is 10.3. The van der Waals surface area contributed by atoms with Crippen molar-refractivity contribution < 1.29 is 4.79 Å². The number of carbonyl (C=O) groups is 1. The fourth-order valence-corrected chi connectivity index (χ4v) is 1.97. The van der Waals surface area contributed by atoms with Gasteiger partial charge in [0.15, 0.2) is 0 Å². The van der Waals surface area contributed by atoms with Gasteiger partial charge in [-0.3, -0.25) is 9.78 Å². The van der Waals surface area contributed by atoms with Crippen LogP contribution < -0.4 is 0 Å². The SMILES string of the molecule is O=C1CCCN1Cc1ncccc1Br. The molecule has 0 unspecified atom stereocenters. The molecule has 1 aromatic rings. The normalized spacial score (nSPS) is 16.4. The monoisotopic (exact) mass is 254 g/mol. The van der Waals surface area contributed by atoms with Gasteiger partial charge in [-0.15, -0.1) is 0 Å². The number of hydrogen-bond donors (Lipinski definition) is 0. The third kappa shape index (κ3) is 1.95. The standard InChI is InChI=1S/C10H11BrN2O/c11-8-3-1-5-12-9(8)7-13-6-2-4-10(13)14/h1,3,5H,2,4,6-7H2. The second-order valence-electron chi connectivity index (χ2n) is 3.35. The van der Waals surface area contributed by atoms with Crippen LogP contribution in [-0.4, -0.2) is 22.3 Å². The molecule has 2 rings (SSSR count). The van der Waals surface area contributed by atoms with E-state index in [0.717, 1.165) is 23.1 Å². The van der Waals surface area contributed by atoms with E-state index in [0.29, 0.717) is 13.0 Å². The number of rotatable bonds is 2. The van der Waals surface area contributed by atoms with Crippen LogP contribution in [0.15, 0.2) is 22.8 Å². The minimum Gasteiger partial charge on any atom is -0.337 e. The predicted octanol–water partition coefficient (Wildman–Crippen LogP) is 1.97. The second kappa shape index (κ2) is 4.09. The highest BCUT2D eigenvalue weighted by Gasteiger charge is 2.20. The summed E-state index contributed by atoms with van der Waals surface area (Å²) in [4.78, 5) is 17.5. The van der Waals surface area contributed by atoms with Crippen molar-refractivity contribution in [1.82, 2.24) is 9.88 Å². The summed E-state index contributed by atoms with van der Waals surface area (Å²) in [6.07, 6.45) is 3.41. The molecule has 1 aliphatic heterocycles. The van der Waals surface area contributed by atoms with Gasteiger partial charge < -0.3 is 4.90 Å². The number of nitrogens with zero attached hydrogens (tertiary/aromatic N) is 2. The Morgan fingerprint density at radius 1 is 1.57 bits per heavy atom. The van der Waals surface area contributed by atoms with E-state index < -0.39 is 0 Å². The van der Waals surface area contributed by atoms with Gasteiger partial charge >= 0.3 is 0 Å². The second-order valence-corrected chi connectivity index (χ2v) is 4.21. The maximum Gasteiger partial charge on any atom is 0.222 e. The summed E-state index contributed by atoms with van der Waals surface area (Å²) >= 11 is 3.42. The van der Waals surface area contributed by atoms with Gasteiger partial charge in [0.05, 0.1) is 12.2 Å². The largest absolute Gasteiger partial charge is 0.337 e. The topological polar surface area (TPSA) is 33.2 Å². The van der Waals surface area contributed by atoms with E-state index in [9.17, 15) is 4.79 Å². The van der Waals surface area contributed by atoms with Gasteiger partial charge in [0, 0.05) is 23.6 Å². The van der Waals surface area contributed by atoms with Crippen molar-refractivity contribution in [2.24, 2.45) is 0 Å². The molecule has 1 saturated heterocycles. The van der Waals surface area contributed by atoms with E-state index in [1.807, 2.05) is 17.0 Å². The van der Waals surface area contributed by atoms with Crippen molar-refractivity contribution >= 4 is 21.8 Å². The van der Waals surface area contributed by atoms with Gasteiger partial charge in [-0.05, 0) is 34.5 Å². The average Bonchev–Trinajstić information content (AvgIpc) is 2.56. The zero-order valence-corrected chi connectivity index (χ0v) is 9.33. The predicted molar refractivity (Wildman–Crippen MR) is 56.6 cm³/mol. The van der Waals surface area contributed by atoms with Crippen molar-refractivity contribution in [1.29, 1.82) is 0 Å². The first-order valence-electron chi connectivity index (χ1n) is 4.64. The molecule has 0 aliphatic carbocycles. The Morgan fingerprint density at radius 3 is 3.07 bits per heavy atom. The zero-order chi connectivity index (χ0) is 9.97.